The van der Waals surface area contributed by atoms with Crippen molar-refractivity contribution in [2.24, 2.45) is 11.0 Å². The highest BCUT2D eigenvalue weighted by Gasteiger charge is 2.29. The molecule has 2 aromatic rings. The normalized spacial score (nSPS) is 14.5. The van der Waals surface area contributed by atoms with E-state index in [2.05, 4.69) is 15.6 Å². The number of halogens is 2. The summed E-state index contributed by atoms with van der Waals surface area (Å²) in [4.78, 5) is 11.5. The third kappa shape index (κ3) is 3.15. The van der Waals surface area contributed by atoms with Crippen LogP contribution in [0.25, 0.3) is 5.69 Å². The number of nitrogens with zero attached hydrogens (tertiary/aromatic N) is 3. The van der Waals surface area contributed by atoms with Crippen molar-refractivity contribution in [2.75, 3.05) is 0 Å². The number of aromatic nitrogens is 2. The zero-order chi connectivity index (χ0) is 15.7. The Bertz CT molecular complexity index is 750. The van der Waals surface area contributed by atoms with E-state index in [0.29, 0.717) is 15.7 Å². The van der Waals surface area contributed by atoms with Gasteiger partial charge >= 0.3 is 0 Å². The Balaban J connectivity index is 1.83. The van der Waals surface area contributed by atoms with Crippen molar-refractivity contribution in [2.45, 2.75) is 19.8 Å². The summed E-state index contributed by atoms with van der Waals surface area (Å²) in [7, 11) is 0. The first-order valence-corrected chi connectivity index (χ1v) is 7.66. The fourth-order valence-corrected chi connectivity index (χ4v) is 2.54. The number of aryl methyl sites for hydroxylation is 1. The molecule has 114 valence electrons. The highest BCUT2D eigenvalue weighted by Crippen LogP contribution is 2.28. The lowest BCUT2D eigenvalue weighted by molar-refractivity contribution is -0.122. The van der Waals surface area contributed by atoms with Gasteiger partial charge in [-0.05, 0) is 38.0 Å². The number of benzene rings is 1. The average Bonchev–Trinajstić information content (AvgIpc) is 3.29. The van der Waals surface area contributed by atoms with Gasteiger partial charge in [0.25, 0.3) is 0 Å². The summed E-state index contributed by atoms with van der Waals surface area (Å²) in [5.74, 6) is 0.0650. The van der Waals surface area contributed by atoms with E-state index in [1.54, 1.807) is 16.8 Å². The molecule has 1 heterocycles. The van der Waals surface area contributed by atoms with Crippen molar-refractivity contribution in [3.05, 3.63) is 45.7 Å². The van der Waals surface area contributed by atoms with Crippen LogP contribution in [0.3, 0.4) is 0 Å². The molecule has 1 amide bonds. The number of rotatable bonds is 4. The fraction of sp³-hybridized carbons (Fsp3) is 0.267. The SMILES string of the molecule is Cc1nn(-c2cccc(Cl)c2)c(Cl)c1/C=N/NC(=O)C1CC1. The second kappa shape index (κ2) is 6.10. The zero-order valence-corrected chi connectivity index (χ0v) is 13.4. The minimum Gasteiger partial charge on any atom is -0.273 e. The van der Waals surface area contributed by atoms with Crippen LogP contribution in [0.4, 0.5) is 0 Å². The Morgan fingerprint density at radius 2 is 2.23 bits per heavy atom. The van der Waals surface area contributed by atoms with Gasteiger partial charge in [-0.15, -0.1) is 0 Å². The number of hydrogen-bond acceptors (Lipinski definition) is 3. The summed E-state index contributed by atoms with van der Waals surface area (Å²) in [6.07, 6.45) is 3.40. The first-order valence-electron chi connectivity index (χ1n) is 6.90. The van der Waals surface area contributed by atoms with Crippen LogP contribution < -0.4 is 5.43 Å². The van der Waals surface area contributed by atoms with E-state index in [9.17, 15) is 4.79 Å². The van der Waals surface area contributed by atoms with Crippen LogP contribution in [0.5, 0.6) is 0 Å². The standard InChI is InChI=1S/C15H14Cl2N4O/c1-9-13(8-18-19-15(22)10-5-6-10)14(17)21(20-9)12-4-2-3-11(16)7-12/h2-4,7-8,10H,5-6H2,1H3,(H,19,22)/b18-8+. The molecule has 0 aliphatic heterocycles. The van der Waals surface area contributed by atoms with Gasteiger partial charge in [-0.3, -0.25) is 4.79 Å². The van der Waals surface area contributed by atoms with Gasteiger partial charge in [0.05, 0.1) is 23.2 Å². The molecule has 7 heteroatoms. The monoisotopic (exact) mass is 336 g/mol. The lowest BCUT2D eigenvalue weighted by atomic mass is 10.3. The summed E-state index contributed by atoms with van der Waals surface area (Å²) in [5.41, 5.74) is 4.67. The first-order chi connectivity index (χ1) is 10.6. The van der Waals surface area contributed by atoms with Crippen molar-refractivity contribution in [3.63, 3.8) is 0 Å². The van der Waals surface area contributed by atoms with Crippen LogP contribution in [0, 0.1) is 12.8 Å². The second-order valence-corrected chi connectivity index (χ2v) is 5.98. The molecule has 1 aliphatic rings. The lowest BCUT2D eigenvalue weighted by Crippen LogP contribution is -2.19. The van der Waals surface area contributed by atoms with Crippen LogP contribution in [0.15, 0.2) is 29.4 Å². The number of hydrogen-bond donors (Lipinski definition) is 1. The van der Waals surface area contributed by atoms with Crippen LogP contribution in [0.2, 0.25) is 10.2 Å². The minimum absolute atomic E-state index is 0.0488. The maximum Gasteiger partial charge on any atom is 0.243 e. The van der Waals surface area contributed by atoms with Crippen LogP contribution in [-0.2, 0) is 4.79 Å². The van der Waals surface area contributed by atoms with E-state index in [1.165, 1.54) is 6.21 Å². The molecular weight excluding hydrogens is 323 g/mol. The summed E-state index contributed by atoms with van der Waals surface area (Å²) >= 11 is 12.3. The molecule has 1 aliphatic carbocycles. The summed E-state index contributed by atoms with van der Waals surface area (Å²) in [6, 6.07) is 7.25. The molecular formula is C15H14Cl2N4O. The molecule has 1 fully saturated rings. The number of hydrazone groups is 1. The van der Waals surface area contributed by atoms with Crippen LogP contribution in [0.1, 0.15) is 24.1 Å². The Morgan fingerprint density at radius 3 is 2.91 bits per heavy atom. The average molecular weight is 337 g/mol. The molecule has 22 heavy (non-hydrogen) atoms. The fourth-order valence-electron chi connectivity index (χ4n) is 2.03. The second-order valence-electron chi connectivity index (χ2n) is 5.19. The van der Waals surface area contributed by atoms with E-state index in [-0.39, 0.29) is 11.8 Å². The lowest BCUT2D eigenvalue weighted by Gasteiger charge is -2.03. The number of nitrogens with one attached hydrogen (secondary N) is 1. The van der Waals surface area contributed by atoms with Gasteiger partial charge in [-0.25, -0.2) is 10.1 Å². The third-order valence-corrected chi connectivity index (χ3v) is 4.02. The molecule has 0 unspecified atom stereocenters. The highest BCUT2D eigenvalue weighted by atomic mass is 35.5. The van der Waals surface area contributed by atoms with Gasteiger partial charge in [-0.1, -0.05) is 29.3 Å². The molecule has 0 bridgehead atoms. The Kier molecular flexibility index (Phi) is 4.18. The molecule has 0 spiro atoms. The minimum atomic E-state index is -0.0488. The Labute approximate surface area is 137 Å². The van der Waals surface area contributed by atoms with Gasteiger partial charge in [0, 0.05) is 10.9 Å². The largest absolute Gasteiger partial charge is 0.273 e. The number of amides is 1. The molecule has 1 saturated carbocycles. The molecule has 1 aromatic carbocycles. The van der Waals surface area contributed by atoms with E-state index in [0.717, 1.165) is 24.2 Å². The zero-order valence-electron chi connectivity index (χ0n) is 11.9. The molecule has 0 radical (unpaired) electrons. The van der Waals surface area contributed by atoms with Gasteiger partial charge in [-0.2, -0.15) is 10.2 Å². The van der Waals surface area contributed by atoms with Crippen LogP contribution >= 0.6 is 23.2 Å². The van der Waals surface area contributed by atoms with E-state index in [1.807, 2.05) is 19.1 Å². The van der Waals surface area contributed by atoms with Gasteiger partial charge in [0.1, 0.15) is 5.15 Å². The van der Waals surface area contributed by atoms with Crippen molar-refractivity contribution in [1.82, 2.24) is 15.2 Å². The van der Waals surface area contributed by atoms with Crippen molar-refractivity contribution < 1.29 is 4.79 Å². The van der Waals surface area contributed by atoms with E-state index in [4.69, 9.17) is 23.2 Å². The van der Waals surface area contributed by atoms with Crippen molar-refractivity contribution >= 4 is 35.3 Å². The maximum atomic E-state index is 11.5. The van der Waals surface area contributed by atoms with E-state index >= 15 is 0 Å². The van der Waals surface area contributed by atoms with Crippen molar-refractivity contribution in [1.29, 1.82) is 0 Å². The molecule has 5 nitrogen and oxygen atoms in total. The Morgan fingerprint density at radius 1 is 1.45 bits per heavy atom. The smallest absolute Gasteiger partial charge is 0.243 e. The van der Waals surface area contributed by atoms with E-state index < -0.39 is 0 Å². The van der Waals surface area contributed by atoms with Crippen LogP contribution in [-0.4, -0.2) is 21.9 Å². The summed E-state index contributed by atoms with van der Waals surface area (Å²) in [6.45, 7) is 1.83. The predicted molar refractivity (Wildman–Crippen MR) is 86.8 cm³/mol. The summed E-state index contributed by atoms with van der Waals surface area (Å²) in [5, 5.41) is 9.38. The van der Waals surface area contributed by atoms with Gasteiger partial charge < -0.3 is 0 Å². The van der Waals surface area contributed by atoms with Gasteiger partial charge in [0.15, 0.2) is 0 Å². The summed E-state index contributed by atoms with van der Waals surface area (Å²) < 4.78 is 1.59. The highest BCUT2D eigenvalue weighted by molar-refractivity contribution is 6.32. The topological polar surface area (TPSA) is 59.3 Å². The molecule has 1 aromatic heterocycles. The molecule has 0 saturated heterocycles. The molecule has 1 N–H and O–H groups in total. The quantitative estimate of drug-likeness (QED) is 0.687. The molecule has 3 rings (SSSR count). The first kappa shape index (κ1) is 15.1. The maximum absolute atomic E-state index is 11.5. The number of carbonyl (C=O) groups excluding carboxylic acids is 1. The Hall–Kier alpha value is -1.85. The predicted octanol–water partition coefficient (Wildman–Crippen LogP) is 3.35. The van der Waals surface area contributed by atoms with Crippen molar-refractivity contribution in [3.8, 4) is 5.69 Å². The van der Waals surface area contributed by atoms with Gasteiger partial charge in [0.2, 0.25) is 5.91 Å². The molecule has 0 atom stereocenters. The third-order valence-electron chi connectivity index (χ3n) is 3.42. The number of carbonyl (C=O) groups is 1.